The van der Waals surface area contributed by atoms with E-state index in [1.165, 1.54) is 18.3 Å². The minimum Gasteiger partial charge on any atom is -0.385 e. The van der Waals surface area contributed by atoms with Crippen molar-refractivity contribution in [3.63, 3.8) is 0 Å². The molecule has 0 fully saturated rings. The van der Waals surface area contributed by atoms with E-state index in [4.69, 9.17) is 27.9 Å². The van der Waals surface area contributed by atoms with Crippen molar-refractivity contribution in [3.8, 4) is 0 Å². The van der Waals surface area contributed by atoms with Crippen molar-refractivity contribution in [3.05, 3.63) is 57.8 Å². The Bertz CT molecular complexity index is 748. The number of methoxy groups -OCH3 is 1. The number of ether oxygens (including phenoxy) is 1. The molecule has 0 saturated heterocycles. The minimum absolute atomic E-state index is 0.161. The van der Waals surface area contributed by atoms with Crippen molar-refractivity contribution in [2.75, 3.05) is 25.6 Å². The van der Waals surface area contributed by atoms with E-state index in [0.29, 0.717) is 40.9 Å². The number of aromatic nitrogens is 1. The Labute approximate surface area is 155 Å². The maximum atomic E-state index is 12.3. The highest BCUT2D eigenvalue weighted by atomic mass is 35.5. The lowest BCUT2D eigenvalue weighted by Gasteiger charge is -2.08. The molecule has 8 heteroatoms. The van der Waals surface area contributed by atoms with E-state index in [9.17, 15) is 9.59 Å². The second kappa shape index (κ2) is 9.36. The Balaban J connectivity index is 2.04. The number of pyridine rings is 1. The molecule has 0 aliphatic rings. The van der Waals surface area contributed by atoms with E-state index in [0.717, 1.165) is 0 Å². The number of nitrogens with one attached hydrogen (secondary N) is 2. The molecule has 0 aliphatic heterocycles. The normalized spacial score (nSPS) is 10.4. The Kier molecular flexibility index (Phi) is 7.18. The van der Waals surface area contributed by atoms with Gasteiger partial charge in [-0.25, -0.2) is 0 Å². The number of carbonyl (C=O) groups is 2. The first kappa shape index (κ1) is 19.2. The van der Waals surface area contributed by atoms with Gasteiger partial charge in [-0.3, -0.25) is 14.6 Å². The van der Waals surface area contributed by atoms with E-state index in [-0.39, 0.29) is 11.6 Å². The summed E-state index contributed by atoms with van der Waals surface area (Å²) in [6, 6.07) is 7.67. The fourth-order valence-corrected chi connectivity index (χ4v) is 2.56. The van der Waals surface area contributed by atoms with Crippen LogP contribution in [0, 0.1) is 0 Å². The lowest BCUT2D eigenvalue weighted by atomic mass is 10.2. The van der Waals surface area contributed by atoms with Gasteiger partial charge in [0.25, 0.3) is 11.8 Å². The van der Waals surface area contributed by atoms with E-state index >= 15 is 0 Å². The van der Waals surface area contributed by atoms with Crippen molar-refractivity contribution in [1.82, 2.24) is 10.3 Å². The predicted molar refractivity (Wildman–Crippen MR) is 97.5 cm³/mol. The molecule has 0 spiro atoms. The molecule has 1 aromatic carbocycles. The number of amides is 2. The first-order valence-electron chi connectivity index (χ1n) is 7.50. The number of benzene rings is 1. The maximum absolute atomic E-state index is 12.3. The molecule has 2 rings (SSSR count). The van der Waals surface area contributed by atoms with Gasteiger partial charge in [-0.15, -0.1) is 0 Å². The van der Waals surface area contributed by atoms with Crippen LogP contribution >= 0.6 is 23.2 Å². The first-order valence-corrected chi connectivity index (χ1v) is 8.26. The molecule has 25 heavy (non-hydrogen) atoms. The number of halogens is 2. The van der Waals surface area contributed by atoms with E-state index < -0.39 is 5.91 Å². The maximum Gasteiger partial charge on any atom is 0.269 e. The van der Waals surface area contributed by atoms with Crippen LogP contribution in [0.4, 0.5) is 5.69 Å². The topological polar surface area (TPSA) is 80.3 Å². The second-order valence-electron chi connectivity index (χ2n) is 5.14. The molecule has 2 N–H and O–H groups in total. The van der Waals surface area contributed by atoms with E-state index in [2.05, 4.69) is 15.6 Å². The summed E-state index contributed by atoms with van der Waals surface area (Å²) < 4.78 is 4.91. The quantitative estimate of drug-likeness (QED) is 0.720. The Morgan fingerprint density at radius 2 is 1.84 bits per heavy atom. The molecule has 2 amide bonds. The van der Waals surface area contributed by atoms with E-state index in [1.807, 2.05) is 0 Å². The lowest BCUT2D eigenvalue weighted by molar-refractivity contribution is 0.0943. The van der Waals surface area contributed by atoms with Gasteiger partial charge in [0.05, 0.1) is 0 Å². The van der Waals surface area contributed by atoms with Gasteiger partial charge in [0, 0.05) is 47.8 Å². The molecule has 6 nitrogen and oxygen atoms in total. The summed E-state index contributed by atoms with van der Waals surface area (Å²) in [5.41, 5.74) is 0.923. The Morgan fingerprint density at radius 3 is 2.52 bits per heavy atom. The fourth-order valence-electron chi connectivity index (χ4n) is 2.03. The van der Waals surface area contributed by atoms with Gasteiger partial charge in [-0.1, -0.05) is 23.2 Å². The van der Waals surface area contributed by atoms with Crippen LogP contribution in [0.1, 0.15) is 27.3 Å². The molecular formula is C17H17Cl2N3O3. The summed E-state index contributed by atoms with van der Waals surface area (Å²) in [7, 11) is 1.60. The molecule has 2 aromatic rings. The van der Waals surface area contributed by atoms with Crippen LogP contribution in [0.5, 0.6) is 0 Å². The van der Waals surface area contributed by atoms with Crippen LogP contribution < -0.4 is 10.6 Å². The third-order valence-corrected chi connectivity index (χ3v) is 3.62. The number of rotatable bonds is 7. The van der Waals surface area contributed by atoms with Crippen molar-refractivity contribution >= 4 is 40.7 Å². The summed E-state index contributed by atoms with van der Waals surface area (Å²) in [4.78, 5) is 28.4. The van der Waals surface area contributed by atoms with Crippen LogP contribution in [0.2, 0.25) is 10.0 Å². The Morgan fingerprint density at radius 1 is 1.12 bits per heavy atom. The molecule has 0 aliphatic carbocycles. The highest BCUT2D eigenvalue weighted by Crippen LogP contribution is 2.22. The van der Waals surface area contributed by atoms with Gasteiger partial charge in [-0.2, -0.15) is 0 Å². The fraction of sp³-hybridized carbons (Fsp3) is 0.235. The minimum atomic E-state index is -0.394. The second-order valence-corrected chi connectivity index (χ2v) is 6.02. The Hall–Kier alpha value is -2.15. The molecule has 0 atom stereocenters. The first-order chi connectivity index (χ1) is 12.0. The number of anilines is 1. The molecule has 132 valence electrons. The molecule has 0 saturated carbocycles. The van der Waals surface area contributed by atoms with Crippen molar-refractivity contribution in [2.24, 2.45) is 0 Å². The summed E-state index contributed by atoms with van der Waals surface area (Å²) in [5.74, 6) is -0.745. The third kappa shape index (κ3) is 6.01. The van der Waals surface area contributed by atoms with Crippen molar-refractivity contribution in [1.29, 1.82) is 0 Å². The molecule has 1 heterocycles. The SMILES string of the molecule is COCCCNC(=O)c1cc(C(=O)Nc2cc(Cl)cc(Cl)c2)ccn1. The molecule has 0 radical (unpaired) electrons. The van der Waals surface area contributed by atoms with Crippen LogP contribution in [-0.4, -0.2) is 37.1 Å². The average molecular weight is 382 g/mol. The predicted octanol–water partition coefficient (Wildman–Crippen LogP) is 3.41. The highest BCUT2D eigenvalue weighted by molar-refractivity contribution is 6.35. The lowest BCUT2D eigenvalue weighted by Crippen LogP contribution is -2.26. The standard InChI is InChI=1S/C17H17Cl2N3O3/c1-25-6-2-4-21-17(24)15-7-11(3-5-20-15)16(23)22-14-9-12(18)8-13(19)10-14/h3,5,7-10H,2,4,6H2,1H3,(H,21,24)(H,22,23). The molecule has 1 aromatic heterocycles. The largest absolute Gasteiger partial charge is 0.385 e. The van der Waals surface area contributed by atoms with Crippen LogP contribution in [0.25, 0.3) is 0 Å². The van der Waals surface area contributed by atoms with Crippen LogP contribution in [0.15, 0.2) is 36.5 Å². The third-order valence-electron chi connectivity index (χ3n) is 3.19. The van der Waals surface area contributed by atoms with Crippen LogP contribution in [0.3, 0.4) is 0 Å². The molecular weight excluding hydrogens is 365 g/mol. The summed E-state index contributed by atoms with van der Waals surface area (Å²) in [6.07, 6.45) is 2.10. The number of carbonyl (C=O) groups excluding carboxylic acids is 2. The van der Waals surface area contributed by atoms with Gasteiger partial charge in [0.1, 0.15) is 5.69 Å². The molecule has 0 bridgehead atoms. The average Bonchev–Trinajstić information content (AvgIpc) is 2.57. The summed E-state index contributed by atoms with van der Waals surface area (Å²) in [6.45, 7) is 1.02. The van der Waals surface area contributed by atoms with Gasteiger partial charge < -0.3 is 15.4 Å². The zero-order valence-electron chi connectivity index (χ0n) is 13.5. The highest BCUT2D eigenvalue weighted by Gasteiger charge is 2.12. The van der Waals surface area contributed by atoms with Gasteiger partial charge in [-0.05, 0) is 36.8 Å². The summed E-state index contributed by atoms with van der Waals surface area (Å²) in [5, 5.41) is 6.22. The number of hydrogen-bond donors (Lipinski definition) is 2. The smallest absolute Gasteiger partial charge is 0.269 e. The monoisotopic (exact) mass is 381 g/mol. The van der Waals surface area contributed by atoms with Gasteiger partial charge >= 0.3 is 0 Å². The zero-order chi connectivity index (χ0) is 18.2. The van der Waals surface area contributed by atoms with Gasteiger partial charge in [0.2, 0.25) is 0 Å². The van der Waals surface area contributed by atoms with Crippen molar-refractivity contribution < 1.29 is 14.3 Å². The zero-order valence-corrected chi connectivity index (χ0v) is 15.0. The number of nitrogens with zero attached hydrogens (tertiary/aromatic N) is 1. The van der Waals surface area contributed by atoms with Crippen molar-refractivity contribution in [2.45, 2.75) is 6.42 Å². The summed E-state index contributed by atoms with van der Waals surface area (Å²) >= 11 is 11.8. The van der Waals surface area contributed by atoms with Gasteiger partial charge in [0.15, 0.2) is 0 Å². The molecule has 0 unspecified atom stereocenters. The number of hydrogen-bond acceptors (Lipinski definition) is 4. The van der Waals surface area contributed by atoms with E-state index in [1.54, 1.807) is 25.3 Å². The van der Waals surface area contributed by atoms with Crippen LogP contribution in [-0.2, 0) is 4.74 Å².